The highest BCUT2D eigenvalue weighted by Crippen LogP contribution is 2.22. The molecule has 20 heavy (non-hydrogen) atoms. The highest BCUT2D eigenvalue weighted by Gasteiger charge is 2.32. The Bertz CT molecular complexity index is 572. The maximum absolute atomic E-state index is 12.9. The van der Waals surface area contributed by atoms with Crippen LogP contribution < -0.4 is 4.74 Å². The van der Waals surface area contributed by atoms with Gasteiger partial charge in [0.15, 0.2) is 0 Å². The standard InChI is InChI=1S/C13H12FNO5/c14-9-2-1-3-10(5-9)20-7-8-4-11(12(16)17)15(6-8)13(18)19/h1-5,8H,6-7H2,(H,16,17)(H,18,19). The molecule has 0 fully saturated rings. The number of halogens is 1. The van der Waals surface area contributed by atoms with Crippen molar-refractivity contribution in [2.45, 2.75) is 0 Å². The lowest BCUT2D eigenvalue weighted by Gasteiger charge is -2.15. The number of hydrogen-bond donors (Lipinski definition) is 2. The van der Waals surface area contributed by atoms with Crippen molar-refractivity contribution in [1.29, 1.82) is 0 Å². The fraction of sp³-hybridized carbons (Fsp3) is 0.231. The molecule has 1 aromatic carbocycles. The van der Waals surface area contributed by atoms with Gasteiger partial charge in [0.05, 0.1) is 6.61 Å². The number of carbonyl (C=O) groups is 2. The number of amides is 1. The Hall–Kier alpha value is -2.57. The lowest BCUT2D eigenvalue weighted by atomic mass is 10.2. The van der Waals surface area contributed by atoms with E-state index in [9.17, 15) is 14.0 Å². The van der Waals surface area contributed by atoms with Gasteiger partial charge < -0.3 is 14.9 Å². The lowest BCUT2D eigenvalue weighted by molar-refractivity contribution is -0.134. The SMILES string of the molecule is O=C(O)C1=CC(COc2cccc(F)c2)CN1C(=O)O. The van der Waals surface area contributed by atoms with E-state index in [0.29, 0.717) is 5.75 Å². The summed E-state index contributed by atoms with van der Waals surface area (Å²) in [5.74, 6) is -1.83. The van der Waals surface area contributed by atoms with E-state index in [1.165, 1.54) is 24.3 Å². The summed E-state index contributed by atoms with van der Waals surface area (Å²) < 4.78 is 18.3. The van der Waals surface area contributed by atoms with Gasteiger partial charge >= 0.3 is 12.1 Å². The van der Waals surface area contributed by atoms with Crippen LogP contribution >= 0.6 is 0 Å². The van der Waals surface area contributed by atoms with Crippen LogP contribution in [0.4, 0.5) is 9.18 Å². The van der Waals surface area contributed by atoms with Crippen molar-refractivity contribution in [2.75, 3.05) is 13.2 Å². The Balaban J connectivity index is 2.01. The summed E-state index contributed by atoms with van der Waals surface area (Å²) in [6, 6.07) is 5.53. The number of rotatable bonds is 4. The summed E-state index contributed by atoms with van der Waals surface area (Å²) in [6.45, 7) is 0.0797. The predicted molar refractivity (Wildman–Crippen MR) is 65.8 cm³/mol. The molecule has 1 heterocycles. The first kappa shape index (κ1) is 13.9. The van der Waals surface area contributed by atoms with Crippen LogP contribution in [0, 0.1) is 11.7 Å². The summed E-state index contributed by atoms with van der Waals surface area (Å²) >= 11 is 0. The average molecular weight is 281 g/mol. The third-order valence-corrected chi connectivity index (χ3v) is 2.81. The Morgan fingerprint density at radius 3 is 2.70 bits per heavy atom. The minimum Gasteiger partial charge on any atom is -0.493 e. The van der Waals surface area contributed by atoms with Crippen LogP contribution in [0.25, 0.3) is 0 Å². The number of ether oxygens (including phenoxy) is 1. The molecule has 0 saturated heterocycles. The Kier molecular flexibility index (Phi) is 3.88. The molecule has 0 spiro atoms. The van der Waals surface area contributed by atoms with E-state index in [1.807, 2.05) is 0 Å². The lowest BCUT2D eigenvalue weighted by Crippen LogP contribution is -2.31. The number of aliphatic carboxylic acids is 1. The Morgan fingerprint density at radius 1 is 1.40 bits per heavy atom. The molecule has 1 aromatic rings. The molecule has 1 amide bonds. The molecule has 1 atom stereocenters. The molecule has 2 rings (SSSR count). The second-order valence-electron chi connectivity index (χ2n) is 4.28. The molecule has 0 radical (unpaired) electrons. The molecule has 2 N–H and O–H groups in total. The topological polar surface area (TPSA) is 87.1 Å². The van der Waals surface area contributed by atoms with Gasteiger partial charge in [-0.1, -0.05) is 6.07 Å². The maximum Gasteiger partial charge on any atom is 0.412 e. The summed E-state index contributed by atoms with van der Waals surface area (Å²) in [7, 11) is 0. The Morgan fingerprint density at radius 2 is 2.15 bits per heavy atom. The molecule has 106 valence electrons. The van der Waals surface area contributed by atoms with Crippen molar-refractivity contribution < 1.29 is 28.9 Å². The number of carboxylic acids is 1. The molecular weight excluding hydrogens is 269 g/mol. The van der Waals surface area contributed by atoms with E-state index < -0.39 is 17.9 Å². The van der Waals surface area contributed by atoms with Crippen molar-refractivity contribution in [3.05, 3.63) is 41.9 Å². The molecule has 1 aliphatic heterocycles. The third kappa shape index (κ3) is 3.05. The van der Waals surface area contributed by atoms with Crippen molar-refractivity contribution in [3.8, 4) is 5.75 Å². The van der Waals surface area contributed by atoms with Gasteiger partial charge in [-0.3, -0.25) is 4.90 Å². The zero-order valence-corrected chi connectivity index (χ0v) is 10.3. The number of benzene rings is 1. The minimum absolute atomic E-state index is 0.00623. The van der Waals surface area contributed by atoms with Gasteiger partial charge in [-0.15, -0.1) is 0 Å². The summed E-state index contributed by atoms with van der Waals surface area (Å²) in [6.07, 6.45) is 0.00218. The summed E-state index contributed by atoms with van der Waals surface area (Å²) in [4.78, 5) is 22.6. The van der Waals surface area contributed by atoms with Crippen LogP contribution in [-0.2, 0) is 4.79 Å². The first-order valence-corrected chi connectivity index (χ1v) is 5.81. The van der Waals surface area contributed by atoms with Gasteiger partial charge in [0.25, 0.3) is 0 Å². The summed E-state index contributed by atoms with van der Waals surface area (Å²) in [5.41, 5.74) is -0.287. The van der Waals surface area contributed by atoms with Gasteiger partial charge in [-0.2, -0.15) is 0 Å². The Labute approximate surface area is 113 Å². The smallest absolute Gasteiger partial charge is 0.412 e. The molecule has 0 aromatic heterocycles. The quantitative estimate of drug-likeness (QED) is 0.878. The maximum atomic E-state index is 12.9. The fourth-order valence-electron chi connectivity index (χ4n) is 1.93. The van der Waals surface area contributed by atoms with Gasteiger partial charge in [0.2, 0.25) is 0 Å². The highest BCUT2D eigenvalue weighted by atomic mass is 19.1. The summed E-state index contributed by atoms with van der Waals surface area (Å²) in [5, 5.41) is 17.8. The van der Waals surface area contributed by atoms with E-state index in [-0.39, 0.29) is 24.8 Å². The van der Waals surface area contributed by atoms with E-state index in [4.69, 9.17) is 14.9 Å². The molecule has 7 heteroatoms. The van der Waals surface area contributed by atoms with E-state index in [0.717, 1.165) is 4.90 Å². The van der Waals surface area contributed by atoms with Gasteiger partial charge in [0.1, 0.15) is 17.3 Å². The second-order valence-corrected chi connectivity index (χ2v) is 4.28. The van der Waals surface area contributed by atoms with Crippen molar-refractivity contribution >= 4 is 12.1 Å². The zero-order chi connectivity index (χ0) is 14.7. The van der Waals surface area contributed by atoms with Gasteiger partial charge in [0, 0.05) is 18.5 Å². The second kappa shape index (κ2) is 5.60. The van der Waals surface area contributed by atoms with Crippen LogP contribution in [-0.4, -0.2) is 40.3 Å². The molecule has 1 unspecified atom stereocenters. The van der Waals surface area contributed by atoms with Crippen LogP contribution in [0.3, 0.4) is 0 Å². The average Bonchev–Trinajstić information content (AvgIpc) is 2.81. The van der Waals surface area contributed by atoms with Crippen molar-refractivity contribution in [1.82, 2.24) is 4.90 Å². The van der Waals surface area contributed by atoms with Crippen LogP contribution in [0.5, 0.6) is 5.75 Å². The highest BCUT2D eigenvalue weighted by molar-refractivity contribution is 5.91. The zero-order valence-electron chi connectivity index (χ0n) is 10.3. The van der Waals surface area contributed by atoms with E-state index in [1.54, 1.807) is 6.07 Å². The van der Waals surface area contributed by atoms with Crippen LogP contribution in [0.15, 0.2) is 36.0 Å². The van der Waals surface area contributed by atoms with Crippen molar-refractivity contribution in [3.63, 3.8) is 0 Å². The number of nitrogens with zero attached hydrogens (tertiary/aromatic N) is 1. The van der Waals surface area contributed by atoms with Gasteiger partial charge in [-0.05, 0) is 18.2 Å². The minimum atomic E-state index is -1.33. The fourth-order valence-corrected chi connectivity index (χ4v) is 1.93. The number of hydrogen-bond acceptors (Lipinski definition) is 3. The molecule has 0 aliphatic carbocycles. The molecule has 0 saturated carbocycles. The van der Waals surface area contributed by atoms with E-state index in [2.05, 4.69) is 0 Å². The van der Waals surface area contributed by atoms with Crippen LogP contribution in [0.1, 0.15) is 0 Å². The van der Waals surface area contributed by atoms with Gasteiger partial charge in [-0.25, -0.2) is 14.0 Å². The first-order valence-electron chi connectivity index (χ1n) is 5.81. The normalized spacial score (nSPS) is 17.8. The van der Waals surface area contributed by atoms with Crippen LogP contribution in [0.2, 0.25) is 0 Å². The largest absolute Gasteiger partial charge is 0.493 e. The van der Waals surface area contributed by atoms with Crippen molar-refractivity contribution in [2.24, 2.45) is 5.92 Å². The molecule has 1 aliphatic rings. The molecule has 0 bridgehead atoms. The molecule has 6 nitrogen and oxygen atoms in total. The predicted octanol–water partition coefficient (Wildman–Crippen LogP) is 1.78. The molecular formula is C13H12FNO5. The monoisotopic (exact) mass is 281 g/mol. The van der Waals surface area contributed by atoms with E-state index >= 15 is 0 Å². The first-order chi connectivity index (χ1) is 9.47. The number of carboxylic acid groups (broad SMARTS) is 2. The third-order valence-electron chi connectivity index (χ3n) is 2.81.